The summed E-state index contributed by atoms with van der Waals surface area (Å²) in [7, 11) is 1.84. The number of hydrogen-bond acceptors (Lipinski definition) is 3. The Hall–Kier alpha value is -1.39. The predicted octanol–water partition coefficient (Wildman–Crippen LogP) is 1.57. The summed E-state index contributed by atoms with van der Waals surface area (Å²) < 4.78 is 0. The summed E-state index contributed by atoms with van der Waals surface area (Å²) in [6, 6.07) is 9.77. The molecule has 1 aliphatic rings. The molecule has 1 heterocycles. The van der Waals surface area contributed by atoms with E-state index < -0.39 is 0 Å². The predicted molar refractivity (Wildman–Crippen MR) is 82.6 cm³/mol. The highest BCUT2D eigenvalue weighted by molar-refractivity contribution is 5.94. The van der Waals surface area contributed by atoms with Crippen LogP contribution in [0.5, 0.6) is 0 Å². The van der Waals surface area contributed by atoms with Crippen LogP contribution >= 0.6 is 0 Å². The molecule has 4 nitrogen and oxygen atoms in total. The molecule has 1 aromatic carbocycles. The number of nitrogens with two attached hydrogens (primary N) is 1. The molecule has 1 saturated heterocycles. The molecular weight excluding hydrogens is 250 g/mol. The molecule has 2 N–H and O–H groups in total. The van der Waals surface area contributed by atoms with Crippen LogP contribution in [0.2, 0.25) is 0 Å². The van der Waals surface area contributed by atoms with Crippen molar-refractivity contribution in [1.82, 2.24) is 4.90 Å². The Balaban J connectivity index is 1.91. The van der Waals surface area contributed by atoms with Crippen LogP contribution in [-0.4, -0.2) is 44.0 Å². The zero-order valence-electron chi connectivity index (χ0n) is 12.5. The average Bonchev–Trinajstić information content (AvgIpc) is 2.49. The van der Waals surface area contributed by atoms with Gasteiger partial charge in [-0.2, -0.15) is 0 Å². The van der Waals surface area contributed by atoms with E-state index in [0.717, 1.165) is 25.2 Å². The third-order valence-corrected chi connectivity index (χ3v) is 4.38. The van der Waals surface area contributed by atoms with Crippen molar-refractivity contribution in [3.8, 4) is 0 Å². The van der Waals surface area contributed by atoms with Gasteiger partial charge in [0.2, 0.25) is 5.91 Å². The fourth-order valence-corrected chi connectivity index (χ4v) is 2.77. The summed E-state index contributed by atoms with van der Waals surface area (Å²) in [5, 5.41) is 0. The van der Waals surface area contributed by atoms with Crippen molar-refractivity contribution in [2.24, 2.45) is 17.6 Å². The van der Waals surface area contributed by atoms with Crippen molar-refractivity contribution in [3.63, 3.8) is 0 Å². The molecule has 1 aromatic rings. The van der Waals surface area contributed by atoms with Crippen molar-refractivity contribution in [2.45, 2.75) is 13.3 Å². The van der Waals surface area contributed by atoms with Gasteiger partial charge in [-0.3, -0.25) is 9.69 Å². The number of amides is 1. The maximum absolute atomic E-state index is 12.3. The first kappa shape index (κ1) is 15.0. The van der Waals surface area contributed by atoms with Gasteiger partial charge in [-0.1, -0.05) is 25.1 Å². The molecule has 2 atom stereocenters. The van der Waals surface area contributed by atoms with E-state index in [1.807, 2.05) is 37.4 Å². The first-order valence-corrected chi connectivity index (χ1v) is 7.36. The van der Waals surface area contributed by atoms with Crippen molar-refractivity contribution in [1.29, 1.82) is 0 Å². The Morgan fingerprint density at radius 3 is 2.75 bits per heavy atom. The third-order valence-electron chi connectivity index (χ3n) is 4.38. The van der Waals surface area contributed by atoms with E-state index in [1.54, 1.807) is 4.90 Å². The fourth-order valence-electron chi connectivity index (χ4n) is 2.77. The highest BCUT2D eigenvalue weighted by atomic mass is 16.2. The molecule has 2 rings (SSSR count). The largest absolute Gasteiger partial charge is 0.330 e. The lowest BCUT2D eigenvalue weighted by atomic mass is 9.87. The van der Waals surface area contributed by atoms with Gasteiger partial charge in [0.25, 0.3) is 0 Å². The monoisotopic (exact) mass is 275 g/mol. The van der Waals surface area contributed by atoms with E-state index in [0.29, 0.717) is 24.9 Å². The van der Waals surface area contributed by atoms with Gasteiger partial charge in [0, 0.05) is 19.3 Å². The molecule has 1 aliphatic heterocycles. The van der Waals surface area contributed by atoms with Crippen LogP contribution in [-0.2, 0) is 4.79 Å². The lowest BCUT2D eigenvalue weighted by molar-refractivity contribution is -0.120. The number of carbonyl (C=O) groups is 1. The van der Waals surface area contributed by atoms with Gasteiger partial charge < -0.3 is 10.6 Å². The third kappa shape index (κ3) is 3.58. The first-order chi connectivity index (χ1) is 9.61. The molecule has 110 valence electrons. The Bertz CT molecular complexity index is 435. The highest BCUT2D eigenvalue weighted by Gasteiger charge is 2.26. The van der Waals surface area contributed by atoms with Crippen LogP contribution in [0, 0.1) is 11.8 Å². The van der Waals surface area contributed by atoms with Gasteiger partial charge in [-0.05, 0) is 43.5 Å². The first-order valence-electron chi connectivity index (χ1n) is 7.36. The molecular formula is C16H25N3O. The van der Waals surface area contributed by atoms with E-state index in [1.165, 1.54) is 0 Å². The summed E-state index contributed by atoms with van der Waals surface area (Å²) in [5.41, 5.74) is 6.76. The van der Waals surface area contributed by atoms with Gasteiger partial charge >= 0.3 is 0 Å². The van der Waals surface area contributed by atoms with Gasteiger partial charge in [0.05, 0.1) is 6.54 Å². The summed E-state index contributed by atoms with van der Waals surface area (Å²) in [4.78, 5) is 16.3. The Kier molecular flexibility index (Phi) is 5.15. The zero-order valence-corrected chi connectivity index (χ0v) is 12.5. The second-order valence-electron chi connectivity index (χ2n) is 5.79. The summed E-state index contributed by atoms with van der Waals surface area (Å²) in [6.07, 6.45) is 1.13. The van der Waals surface area contributed by atoms with Gasteiger partial charge in [0.15, 0.2) is 0 Å². The Labute approximate surface area is 121 Å². The number of nitrogens with zero attached hydrogens (tertiary/aromatic N) is 2. The van der Waals surface area contributed by atoms with E-state index in [-0.39, 0.29) is 5.91 Å². The lowest BCUT2D eigenvalue weighted by Gasteiger charge is -2.36. The number of likely N-dealkylation sites (N-methyl/N-ethyl adjacent to an activating group) is 1. The lowest BCUT2D eigenvalue weighted by Crippen LogP contribution is -2.47. The smallest absolute Gasteiger partial charge is 0.240 e. The molecule has 2 unspecified atom stereocenters. The molecule has 20 heavy (non-hydrogen) atoms. The standard InChI is InChI=1S/C16H25N3O/c1-13-8-9-19(11-14(13)10-17)12-16(20)18(2)15-6-4-3-5-7-15/h3-7,13-14H,8-12,17H2,1-2H3. The molecule has 0 aromatic heterocycles. The fraction of sp³-hybridized carbons (Fsp3) is 0.562. The Morgan fingerprint density at radius 1 is 1.40 bits per heavy atom. The maximum Gasteiger partial charge on any atom is 0.240 e. The molecule has 1 fully saturated rings. The van der Waals surface area contributed by atoms with Crippen LogP contribution in [0.4, 0.5) is 5.69 Å². The van der Waals surface area contributed by atoms with Crippen molar-refractivity contribution in [3.05, 3.63) is 30.3 Å². The van der Waals surface area contributed by atoms with Crippen LogP contribution in [0.1, 0.15) is 13.3 Å². The quantitative estimate of drug-likeness (QED) is 0.907. The molecule has 0 spiro atoms. The van der Waals surface area contributed by atoms with Crippen LogP contribution in [0.15, 0.2) is 30.3 Å². The van der Waals surface area contributed by atoms with E-state index >= 15 is 0 Å². The van der Waals surface area contributed by atoms with E-state index in [9.17, 15) is 4.79 Å². The summed E-state index contributed by atoms with van der Waals surface area (Å²) in [5.74, 6) is 1.32. The SMILES string of the molecule is CC1CCN(CC(=O)N(C)c2ccccc2)CC1CN. The number of benzene rings is 1. The molecule has 0 saturated carbocycles. The van der Waals surface area contributed by atoms with Gasteiger partial charge in [-0.25, -0.2) is 0 Å². The van der Waals surface area contributed by atoms with E-state index in [2.05, 4.69) is 11.8 Å². The minimum atomic E-state index is 0.140. The van der Waals surface area contributed by atoms with Crippen LogP contribution in [0.25, 0.3) is 0 Å². The van der Waals surface area contributed by atoms with E-state index in [4.69, 9.17) is 5.73 Å². The van der Waals surface area contributed by atoms with Crippen LogP contribution in [0.3, 0.4) is 0 Å². The molecule has 0 aliphatic carbocycles. The number of hydrogen-bond donors (Lipinski definition) is 1. The number of carbonyl (C=O) groups excluding carboxylic acids is 1. The minimum absolute atomic E-state index is 0.140. The highest BCUT2D eigenvalue weighted by Crippen LogP contribution is 2.22. The molecule has 0 radical (unpaired) electrons. The number of anilines is 1. The second kappa shape index (κ2) is 6.86. The zero-order chi connectivity index (χ0) is 14.5. The normalized spacial score (nSPS) is 23.6. The Morgan fingerprint density at radius 2 is 2.10 bits per heavy atom. The summed E-state index contributed by atoms with van der Waals surface area (Å²) >= 11 is 0. The molecule has 1 amide bonds. The van der Waals surface area contributed by atoms with Gasteiger partial charge in [-0.15, -0.1) is 0 Å². The summed E-state index contributed by atoms with van der Waals surface area (Å²) in [6.45, 7) is 5.37. The number of rotatable bonds is 4. The maximum atomic E-state index is 12.3. The average molecular weight is 275 g/mol. The second-order valence-corrected chi connectivity index (χ2v) is 5.79. The molecule has 4 heteroatoms. The van der Waals surface area contributed by atoms with Gasteiger partial charge in [0.1, 0.15) is 0 Å². The van der Waals surface area contributed by atoms with Crippen molar-refractivity contribution >= 4 is 11.6 Å². The topological polar surface area (TPSA) is 49.6 Å². The number of likely N-dealkylation sites (tertiary alicyclic amines) is 1. The minimum Gasteiger partial charge on any atom is -0.330 e. The molecule has 0 bridgehead atoms. The van der Waals surface area contributed by atoms with Crippen molar-refractivity contribution in [2.75, 3.05) is 38.1 Å². The van der Waals surface area contributed by atoms with Crippen molar-refractivity contribution < 1.29 is 4.79 Å². The number of para-hydroxylation sites is 1. The van der Waals surface area contributed by atoms with Crippen LogP contribution < -0.4 is 10.6 Å². The number of piperidine rings is 1.